The maximum Gasteiger partial charge on any atom is 0.0996 e. The third-order valence-electron chi connectivity index (χ3n) is 5.68. The first kappa shape index (κ1) is 17.9. The molecule has 5 heterocycles. The van der Waals surface area contributed by atoms with Gasteiger partial charge in [0.1, 0.15) is 0 Å². The lowest BCUT2D eigenvalue weighted by atomic mass is 10.0. The van der Waals surface area contributed by atoms with E-state index in [-0.39, 0.29) is 0 Å². The molecule has 7 aromatic rings. The molecule has 0 atom stereocenters. The Kier molecular flexibility index (Phi) is 3.85. The Morgan fingerprint density at radius 3 is 1.97 bits per heavy atom. The minimum Gasteiger partial charge on any atom is -0.254 e. The summed E-state index contributed by atoms with van der Waals surface area (Å²) in [6.07, 6.45) is 1.82. The van der Waals surface area contributed by atoms with Crippen molar-refractivity contribution in [2.24, 2.45) is 0 Å². The van der Waals surface area contributed by atoms with Crippen LogP contribution in [0, 0.1) is 0 Å². The second-order valence-electron chi connectivity index (χ2n) is 7.54. The second-order valence-corrected chi connectivity index (χ2v) is 9.44. The number of pyridine rings is 2. The van der Waals surface area contributed by atoms with Gasteiger partial charge in [-0.25, -0.2) is 15.0 Å². The molecular weight excluding hydrogens is 432 g/mol. The minimum absolute atomic E-state index is 0.857. The van der Waals surface area contributed by atoms with Gasteiger partial charge in [-0.2, -0.15) is 0 Å². The molecule has 0 saturated carbocycles. The van der Waals surface area contributed by atoms with Crippen molar-refractivity contribution < 1.29 is 0 Å². The SMILES string of the molecule is c1csc(-c2cc3c(nc2-c2cccs2)c2ncccc2c2nc4ccccc4nc32)c1. The smallest absolute Gasteiger partial charge is 0.0996 e. The van der Waals surface area contributed by atoms with Crippen LogP contribution in [-0.2, 0) is 0 Å². The molecule has 0 aliphatic carbocycles. The summed E-state index contributed by atoms with van der Waals surface area (Å²) in [6, 6.07) is 22.7. The van der Waals surface area contributed by atoms with E-state index in [1.807, 2.05) is 36.5 Å². The zero-order valence-electron chi connectivity index (χ0n) is 16.7. The molecule has 5 aromatic heterocycles. The van der Waals surface area contributed by atoms with Crippen molar-refractivity contribution in [3.05, 3.63) is 83.7 Å². The zero-order chi connectivity index (χ0) is 21.1. The van der Waals surface area contributed by atoms with Crippen LogP contribution in [0.3, 0.4) is 0 Å². The Morgan fingerprint density at radius 1 is 0.562 bits per heavy atom. The number of hydrogen-bond acceptors (Lipinski definition) is 6. The first-order chi connectivity index (χ1) is 15.9. The summed E-state index contributed by atoms with van der Waals surface area (Å²) in [5.41, 5.74) is 7.30. The quantitative estimate of drug-likeness (QED) is 0.206. The minimum atomic E-state index is 0.857. The highest BCUT2D eigenvalue weighted by Gasteiger charge is 2.19. The molecule has 4 nitrogen and oxygen atoms in total. The van der Waals surface area contributed by atoms with Crippen molar-refractivity contribution in [1.82, 2.24) is 19.9 Å². The van der Waals surface area contributed by atoms with Gasteiger partial charge in [0.15, 0.2) is 0 Å². The molecule has 0 aliphatic rings. The highest BCUT2D eigenvalue weighted by atomic mass is 32.1. The third kappa shape index (κ3) is 2.60. The first-order valence-corrected chi connectivity index (χ1v) is 12.0. The fourth-order valence-corrected chi connectivity index (χ4v) is 5.73. The molecular formula is C26H14N4S2. The van der Waals surface area contributed by atoms with Gasteiger partial charge in [0.25, 0.3) is 0 Å². The normalized spacial score (nSPS) is 11.8. The molecule has 0 N–H and O–H groups in total. The number of thiophene rings is 2. The van der Waals surface area contributed by atoms with Gasteiger partial charge in [0.2, 0.25) is 0 Å². The molecule has 32 heavy (non-hydrogen) atoms. The molecule has 0 amide bonds. The topological polar surface area (TPSA) is 51.6 Å². The van der Waals surface area contributed by atoms with Crippen LogP contribution in [-0.4, -0.2) is 19.9 Å². The van der Waals surface area contributed by atoms with E-state index >= 15 is 0 Å². The lowest BCUT2D eigenvalue weighted by molar-refractivity contribution is 1.36. The van der Waals surface area contributed by atoms with E-state index in [1.54, 1.807) is 22.7 Å². The largest absolute Gasteiger partial charge is 0.254 e. The summed E-state index contributed by atoms with van der Waals surface area (Å²) in [6.45, 7) is 0. The maximum absolute atomic E-state index is 5.22. The summed E-state index contributed by atoms with van der Waals surface area (Å²) in [5.74, 6) is 0. The summed E-state index contributed by atoms with van der Waals surface area (Å²) >= 11 is 3.42. The number of fused-ring (bicyclic) bond motifs is 7. The van der Waals surface area contributed by atoms with Gasteiger partial charge in [0, 0.05) is 27.4 Å². The van der Waals surface area contributed by atoms with E-state index in [0.717, 1.165) is 60.0 Å². The lowest BCUT2D eigenvalue weighted by Gasteiger charge is -2.13. The fourth-order valence-electron chi connectivity index (χ4n) is 4.26. The Morgan fingerprint density at radius 2 is 1.25 bits per heavy atom. The number of nitrogens with zero attached hydrogens (tertiary/aromatic N) is 4. The van der Waals surface area contributed by atoms with Crippen LogP contribution < -0.4 is 0 Å². The van der Waals surface area contributed by atoms with Crippen LogP contribution in [0.5, 0.6) is 0 Å². The van der Waals surface area contributed by atoms with Crippen LogP contribution in [0.15, 0.2) is 83.7 Å². The van der Waals surface area contributed by atoms with Gasteiger partial charge < -0.3 is 0 Å². The van der Waals surface area contributed by atoms with Crippen molar-refractivity contribution in [3.8, 4) is 21.0 Å². The zero-order valence-corrected chi connectivity index (χ0v) is 18.3. The molecule has 0 radical (unpaired) electrons. The predicted octanol–water partition coefficient (Wildman–Crippen LogP) is 7.34. The number of benzene rings is 2. The molecule has 0 fully saturated rings. The molecule has 150 valence electrons. The van der Waals surface area contributed by atoms with Gasteiger partial charge in [-0.05, 0) is 53.2 Å². The average Bonchev–Trinajstić information content (AvgIpc) is 3.57. The average molecular weight is 447 g/mol. The monoisotopic (exact) mass is 446 g/mol. The van der Waals surface area contributed by atoms with Crippen molar-refractivity contribution >= 4 is 66.5 Å². The van der Waals surface area contributed by atoms with Crippen molar-refractivity contribution in [3.63, 3.8) is 0 Å². The highest BCUT2D eigenvalue weighted by Crippen LogP contribution is 2.41. The van der Waals surface area contributed by atoms with Crippen LogP contribution in [0.2, 0.25) is 0 Å². The van der Waals surface area contributed by atoms with Gasteiger partial charge in [-0.15, -0.1) is 22.7 Å². The Bertz CT molecular complexity index is 1770. The van der Waals surface area contributed by atoms with Gasteiger partial charge >= 0.3 is 0 Å². The fraction of sp³-hybridized carbons (Fsp3) is 0. The van der Waals surface area contributed by atoms with Crippen LogP contribution >= 0.6 is 22.7 Å². The molecule has 0 saturated heterocycles. The summed E-state index contributed by atoms with van der Waals surface area (Å²) in [4.78, 5) is 22.3. The van der Waals surface area contributed by atoms with E-state index in [1.165, 1.54) is 4.88 Å². The molecule has 2 aromatic carbocycles. The van der Waals surface area contributed by atoms with Crippen molar-refractivity contribution in [2.75, 3.05) is 0 Å². The molecule has 0 bridgehead atoms. The molecule has 6 heteroatoms. The maximum atomic E-state index is 5.22. The van der Waals surface area contributed by atoms with Gasteiger partial charge in [-0.3, -0.25) is 4.98 Å². The summed E-state index contributed by atoms with van der Waals surface area (Å²) in [7, 11) is 0. The molecule has 0 aliphatic heterocycles. The Hall–Kier alpha value is -3.74. The van der Waals surface area contributed by atoms with Gasteiger partial charge in [0.05, 0.1) is 43.7 Å². The van der Waals surface area contributed by atoms with E-state index < -0.39 is 0 Å². The van der Waals surface area contributed by atoms with E-state index in [9.17, 15) is 0 Å². The molecule has 0 spiro atoms. The third-order valence-corrected chi connectivity index (χ3v) is 7.46. The Balaban J connectivity index is 1.73. The molecule has 0 unspecified atom stereocenters. The first-order valence-electron chi connectivity index (χ1n) is 10.2. The summed E-state index contributed by atoms with van der Waals surface area (Å²) < 4.78 is 0. The van der Waals surface area contributed by atoms with Crippen LogP contribution in [0.1, 0.15) is 0 Å². The van der Waals surface area contributed by atoms with Crippen LogP contribution in [0.25, 0.3) is 64.9 Å². The lowest BCUT2D eigenvalue weighted by Crippen LogP contribution is -1.96. The number of para-hydroxylation sites is 2. The second kappa shape index (κ2) is 6.88. The van der Waals surface area contributed by atoms with Gasteiger partial charge in [-0.1, -0.05) is 24.3 Å². The Labute approximate surface area is 190 Å². The van der Waals surface area contributed by atoms with Crippen molar-refractivity contribution in [2.45, 2.75) is 0 Å². The van der Waals surface area contributed by atoms with E-state index in [4.69, 9.17) is 19.9 Å². The number of rotatable bonds is 2. The number of hydrogen-bond donors (Lipinski definition) is 0. The van der Waals surface area contributed by atoms with E-state index in [0.29, 0.717) is 0 Å². The predicted molar refractivity (Wildman–Crippen MR) is 134 cm³/mol. The highest BCUT2D eigenvalue weighted by molar-refractivity contribution is 7.14. The molecule has 7 rings (SSSR count). The van der Waals surface area contributed by atoms with Crippen LogP contribution in [0.4, 0.5) is 0 Å². The van der Waals surface area contributed by atoms with E-state index in [2.05, 4.69) is 47.2 Å². The standard InChI is InChI=1S/C26H14N4S2/c1-2-8-19-18(7-1)28-24-15-6-3-11-27-23(15)25-17(26(24)29-19)14-16(20-9-4-12-31-20)22(30-25)21-10-5-13-32-21/h1-14H. The number of aromatic nitrogens is 4. The summed E-state index contributed by atoms with van der Waals surface area (Å²) in [5, 5.41) is 6.15. The van der Waals surface area contributed by atoms with Crippen molar-refractivity contribution in [1.29, 1.82) is 0 Å².